The Morgan fingerprint density at radius 1 is 1.12 bits per heavy atom. The molecule has 2 aromatic heterocycles. The second-order valence-corrected chi connectivity index (χ2v) is 7.27. The van der Waals surface area contributed by atoms with E-state index in [1.807, 2.05) is 43.3 Å². The van der Waals surface area contributed by atoms with Crippen molar-refractivity contribution in [1.82, 2.24) is 5.32 Å². The first-order chi connectivity index (χ1) is 12.6. The van der Waals surface area contributed by atoms with Gasteiger partial charge in [0.2, 0.25) is 0 Å². The van der Waals surface area contributed by atoms with E-state index in [2.05, 4.69) is 5.32 Å². The lowest BCUT2D eigenvalue weighted by Crippen LogP contribution is -2.23. The summed E-state index contributed by atoms with van der Waals surface area (Å²) < 4.78 is 20.2. The minimum atomic E-state index is -0.315. The van der Waals surface area contributed by atoms with Crippen molar-refractivity contribution in [1.29, 1.82) is 0 Å². The number of nitrogens with one attached hydrogen (secondary N) is 1. The molecule has 2 heterocycles. The van der Waals surface area contributed by atoms with Crippen molar-refractivity contribution in [3.8, 4) is 11.3 Å². The van der Waals surface area contributed by atoms with Crippen LogP contribution in [-0.4, -0.2) is 5.91 Å². The van der Waals surface area contributed by atoms with E-state index in [1.54, 1.807) is 12.1 Å². The first-order valence-electron chi connectivity index (χ1n) is 8.23. The molecule has 0 saturated carbocycles. The van der Waals surface area contributed by atoms with E-state index in [0.29, 0.717) is 16.7 Å². The molecule has 1 amide bonds. The summed E-state index contributed by atoms with van der Waals surface area (Å²) in [6, 6.07) is 18.0. The highest BCUT2D eigenvalue weighted by molar-refractivity contribution is 7.19. The fraction of sp³-hybridized carbons (Fsp3) is 0.0952. The van der Waals surface area contributed by atoms with Gasteiger partial charge in [0.25, 0.3) is 5.91 Å². The first-order valence-corrected chi connectivity index (χ1v) is 9.04. The Hall–Kier alpha value is -2.92. The fourth-order valence-electron chi connectivity index (χ4n) is 2.93. The van der Waals surface area contributed by atoms with Crippen LogP contribution in [0.3, 0.4) is 0 Å². The van der Waals surface area contributed by atoms with Gasteiger partial charge in [-0.1, -0.05) is 42.5 Å². The molecule has 0 radical (unpaired) electrons. The molecule has 3 nitrogen and oxygen atoms in total. The molecule has 0 unspecified atom stereocenters. The molecule has 26 heavy (non-hydrogen) atoms. The smallest absolute Gasteiger partial charge is 0.256 e. The van der Waals surface area contributed by atoms with E-state index >= 15 is 0 Å². The Labute approximate surface area is 154 Å². The molecule has 0 spiro atoms. The lowest BCUT2D eigenvalue weighted by molar-refractivity contribution is 0.0951. The van der Waals surface area contributed by atoms with Crippen LogP contribution in [0, 0.1) is 12.7 Å². The van der Waals surface area contributed by atoms with Gasteiger partial charge in [-0.2, -0.15) is 0 Å². The van der Waals surface area contributed by atoms with Crippen LogP contribution < -0.4 is 5.32 Å². The average molecular weight is 365 g/mol. The molecular formula is C21H16FNO2S. The van der Waals surface area contributed by atoms with Gasteiger partial charge in [-0.3, -0.25) is 4.79 Å². The van der Waals surface area contributed by atoms with E-state index in [-0.39, 0.29) is 18.3 Å². The van der Waals surface area contributed by atoms with Crippen LogP contribution >= 0.6 is 11.3 Å². The lowest BCUT2D eigenvalue weighted by Gasteiger charge is -2.05. The summed E-state index contributed by atoms with van der Waals surface area (Å²) in [6.07, 6.45) is 0. The highest BCUT2D eigenvalue weighted by atomic mass is 32.1. The van der Waals surface area contributed by atoms with Gasteiger partial charge >= 0.3 is 0 Å². The maximum atomic E-state index is 13.3. The molecular weight excluding hydrogens is 349 g/mol. The molecule has 0 aliphatic heterocycles. The minimum Gasteiger partial charge on any atom is -0.454 e. The first kappa shape index (κ1) is 16.5. The summed E-state index contributed by atoms with van der Waals surface area (Å²) in [5.41, 5.74) is 2.83. The van der Waals surface area contributed by atoms with E-state index in [9.17, 15) is 9.18 Å². The van der Waals surface area contributed by atoms with E-state index in [0.717, 1.165) is 20.9 Å². The summed E-state index contributed by atoms with van der Waals surface area (Å²) in [5, 5.41) is 2.85. The number of benzene rings is 2. The Morgan fingerprint density at radius 3 is 2.69 bits per heavy atom. The number of aryl methyl sites for hydroxylation is 1. The lowest BCUT2D eigenvalue weighted by atomic mass is 10.2. The third kappa shape index (κ3) is 3.13. The standard InChI is InChI=1S/C21H16FNO2S/c1-13-19(21(24)23-12-14-6-5-9-16(22)10-14)20-18(26-13)11-17(25-20)15-7-3-2-4-8-15/h2-11H,12H2,1H3,(H,23,24). The van der Waals surface area contributed by atoms with Gasteiger partial charge in [-0.25, -0.2) is 4.39 Å². The predicted octanol–water partition coefficient (Wildman–Crippen LogP) is 5.54. The molecule has 0 aliphatic rings. The summed E-state index contributed by atoms with van der Waals surface area (Å²) in [4.78, 5) is 13.6. The third-order valence-corrected chi connectivity index (χ3v) is 5.20. The number of hydrogen-bond donors (Lipinski definition) is 1. The van der Waals surface area contributed by atoms with Gasteiger partial charge in [0, 0.05) is 23.1 Å². The molecule has 0 saturated heterocycles. The quantitative estimate of drug-likeness (QED) is 0.516. The average Bonchev–Trinajstić information content (AvgIpc) is 3.17. The van der Waals surface area contributed by atoms with Crippen molar-refractivity contribution in [2.45, 2.75) is 13.5 Å². The van der Waals surface area contributed by atoms with Crippen molar-refractivity contribution >= 4 is 27.5 Å². The molecule has 2 aromatic carbocycles. The summed E-state index contributed by atoms with van der Waals surface area (Å²) in [7, 11) is 0. The Bertz CT molecular complexity index is 1080. The molecule has 0 fully saturated rings. The van der Waals surface area contributed by atoms with Gasteiger partial charge in [-0.05, 0) is 24.6 Å². The fourth-order valence-corrected chi connectivity index (χ4v) is 3.95. The zero-order chi connectivity index (χ0) is 18.1. The molecule has 0 bridgehead atoms. The number of furan rings is 1. The second-order valence-electron chi connectivity index (χ2n) is 6.02. The van der Waals surface area contributed by atoms with Crippen LogP contribution in [0.4, 0.5) is 4.39 Å². The number of halogens is 1. The van der Waals surface area contributed by atoms with Gasteiger partial charge in [-0.15, -0.1) is 11.3 Å². The number of fused-ring (bicyclic) bond motifs is 1. The predicted molar refractivity (Wildman–Crippen MR) is 102 cm³/mol. The Kier molecular flexibility index (Phi) is 4.31. The topological polar surface area (TPSA) is 42.2 Å². The van der Waals surface area contributed by atoms with Crippen molar-refractivity contribution in [3.05, 3.63) is 82.5 Å². The Morgan fingerprint density at radius 2 is 1.92 bits per heavy atom. The van der Waals surface area contributed by atoms with E-state index in [4.69, 9.17) is 4.42 Å². The van der Waals surface area contributed by atoms with Crippen molar-refractivity contribution in [2.24, 2.45) is 0 Å². The zero-order valence-corrected chi connectivity index (χ0v) is 14.9. The van der Waals surface area contributed by atoms with Gasteiger partial charge in [0.05, 0.1) is 10.3 Å². The van der Waals surface area contributed by atoms with Crippen LogP contribution in [0.25, 0.3) is 21.6 Å². The molecule has 130 valence electrons. The molecule has 0 aliphatic carbocycles. The number of amides is 1. The number of carbonyl (C=O) groups excluding carboxylic acids is 1. The molecule has 5 heteroatoms. The Balaban J connectivity index is 1.62. The third-order valence-electron chi connectivity index (χ3n) is 4.17. The van der Waals surface area contributed by atoms with Gasteiger partial charge in [0.15, 0.2) is 5.58 Å². The number of thiophene rings is 1. The molecule has 1 N–H and O–H groups in total. The summed E-state index contributed by atoms with van der Waals surface area (Å²) >= 11 is 1.53. The minimum absolute atomic E-state index is 0.216. The van der Waals surface area contributed by atoms with E-state index in [1.165, 1.54) is 23.5 Å². The van der Waals surface area contributed by atoms with Gasteiger partial charge < -0.3 is 9.73 Å². The van der Waals surface area contributed by atoms with Crippen LogP contribution in [-0.2, 0) is 6.54 Å². The highest BCUT2D eigenvalue weighted by Crippen LogP contribution is 2.36. The van der Waals surface area contributed by atoms with Crippen LogP contribution in [0.15, 0.2) is 65.1 Å². The van der Waals surface area contributed by atoms with E-state index < -0.39 is 0 Å². The molecule has 4 aromatic rings. The normalized spacial score (nSPS) is 11.0. The van der Waals surface area contributed by atoms with Crippen molar-refractivity contribution in [2.75, 3.05) is 0 Å². The van der Waals surface area contributed by atoms with Crippen LogP contribution in [0.2, 0.25) is 0 Å². The zero-order valence-electron chi connectivity index (χ0n) is 14.1. The van der Waals surface area contributed by atoms with Gasteiger partial charge in [0.1, 0.15) is 11.6 Å². The number of carbonyl (C=O) groups is 1. The highest BCUT2D eigenvalue weighted by Gasteiger charge is 2.21. The van der Waals surface area contributed by atoms with Crippen molar-refractivity contribution in [3.63, 3.8) is 0 Å². The van der Waals surface area contributed by atoms with Crippen molar-refractivity contribution < 1.29 is 13.6 Å². The monoisotopic (exact) mass is 365 g/mol. The maximum Gasteiger partial charge on any atom is 0.256 e. The number of hydrogen-bond acceptors (Lipinski definition) is 3. The largest absolute Gasteiger partial charge is 0.454 e. The summed E-state index contributed by atoms with van der Waals surface area (Å²) in [6.45, 7) is 2.17. The molecule has 0 atom stereocenters. The molecule has 4 rings (SSSR count). The van der Waals surface area contributed by atoms with Crippen LogP contribution in [0.1, 0.15) is 20.8 Å². The summed E-state index contributed by atoms with van der Waals surface area (Å²) in [5.74, 6) is 0.211. The number of rotatable bonds is 4. The maximum absolute atomic E-state index is 13.3. The van der Waals surface area contributed by atoms with Crippen LogP contribution in [0.5, 0.6) is 0 Å². The SMILES string of the molecule is Cc1sc2cc(-c3ccccc3)oc2c1C(=O)NCc1cccc(F)c1. The second kappa shape index (κ2) is 6.77.